The van der Waals surface area contributed by atoms with E-state index in [4.69, 9.17) is 0 Å². The summed E-state index contributed by atoms with van der Waals surface area (Å²) in [5.41, 5.74) is 0. The van der Waals surface area contributed by atoms with Gasteiger partial charge in [-0.2, -0.15) is 0 Å². The lowest BCUT2D eigenvalue weighted by Crippen LogP contribution is -2.36. The summed E-state index contributed by atoms with van der Waals surface area (Å²) in [5, 5.41) is 0. The minimum atomic E-state index is 0. The summed E-state index contributed by atoms with van der Waals surface area (Å²) < 4.78 is 0. The average Bonchev–Trinajstić information content (AvgIpc) is 2.17. The van der Waals surface area contributed by atoms with Crippen molar-refractivity contribution in [3.8, 4) is 0 Å². The molecule has 0 aromatic carbocycles. The summed E-state index contributed by atoms with van der Waals surface area (Å²) in [5.74, 6) is 0. The van der Waals surface area contributed by atoms with Crippen molar-refractivity contribution in [3.63, 3.8) is 0 Å². The monoisotopic (exact) mass is 274 g/mol. The molecule has 0 aliphatic heterocycles. The quantitative estimate of drug-likeness (QED) is 0.680. The van der Waals surface area contributed by atoms with Crippen LogP contribution in [0.3, 0.4) is 0 Å². The smallest absolute Gasteiger partial charge is 0.00411 e. The zero-order valence-electron chi connectivity index (χ0n) is 14.6. The van der Waals surface area contributed by atoms with Gasteiger partial charge in [-0.15, -0.1) is 0 Å². The predicted molar refractivity (Wildman–Crippen MR) is 92.0 cm³/mol. The van der Waals surface area contributed by atoms with E-state index in [2.05, 4.69) is 79.0 Å². The first-order chi connectivity index (χ1) is 8.18. The second kappa shape index (κ2) is 12.9. The van der Waals surface area contributed by atoms with Crippen LogP contribution < -0.4 is 0 Å². The Kier molecular flexibility index (Phi) is 16.3. The van der Waals surface area contributed by atoms with Crippen molar-refractivity contribution in [1.29, 1.82) is 0 Å². The standard InChI is InChI=1S/2C8H19N.CH4/c2*1-6-9(7(2)3)8(4)5;/h2*7-8H,6H2,1-5H3;1H4. The Labute approximate surface area is 124 Å². The van der Waals surface area contributed by atoms with Crippen molar-refractivity contribution < 1.29 is 0 Å². The maximum Gasteiger partial charge on any atom is 0.00411 e. The zero-order valence-corrected chi connectivity index (χ0v) is 14.6. The molecule has 0 fully saturated rings. The van der Waals surface area contributed by atoms with Crippen LogP contribution in [0.4, 0.5) is 0 Å². The Hall–Kier alpha value is -0.0800. The van der Waals surface area contributed by atoms with Crippen molar-refractivity contribution in [2.24, 2.45) is 0 Å². The van der Waals surface area contributed by atoms with E-state index in [-0.39, 0.29) is 7.43 Å². The van der Waals surface area contributed by atoms with E-state index in [1.165, 1.54) is 0 Å². The summed E-state index contributed by atoms with van der Waals surface area (Å²) in [6.07, 6.45) is 0. The van der Waals surface area contributed by atoms with E-state index < -0.39 is 0 Å². The molecule has 0 bridgehead atoms. The van der Waals surface area contributed by atoms with E-state index in [1.54, 1.807) is 0 Å². The highest BCUT2D eigenvalue weighted by atomic mass is 15.2. The van der Waals surface area contributed by atoms with Gasteiger partial charge >= 0.3 is 0 Å². The van der Waals surface area contributed by atoms with Gasteiger partial charge in [-0.05, 0) is 68.5 Å². The molecule has 0 atom stereocenters. The third-order valence-electron chi connectivity index (χ3n) is 3.38. The van der Waals surface area contributed by atoms with Crippen LogP contribution in [0.1, 0.15) is 76.7 Å². The molecule has 120 valence electrons. The molecule has 0 rings (SSSR count). The number of rotatable bonds is 6. The highest BCUT2D eigenvalue weighted by Gasteiger charge is 2.09. The van der Waals surface area contributed by atoms with Gasteiger partial charge in [-0.25, -0.2) is 0 Å². The molecule has 0 unspecified atom stereocenters. The molecule has 0 saturated carbocycles. The fourth-order valence-corrected chi connectivity index (χ4v) is 2.65. The first-order valence-electron chi connectivity index (χ1n) is 7.70. The van der Waals surface area contributed by atoms with E-state index >= 15 is 0 Å². The van der Waals surface area contributed by atoms with Gasteiger partial charge in [-0.1, -0.05) is 21.3 Å². The summed E-state index contributed by atoms with van der Waals surface area (Å²) in [7, 11) is 0. The van der Waals surface area contributed by atoms with Crippen LogP contribution in [0.2, 0.25) is 0 Å². The molecule has 0 spiro atoms. The van der Waals surface area contributed by atoms with Crippen LogP contribution in [0.25, 0.3) is 0 Å². The summed E-state index contributed by atoms with van der Waals surface area (Å²) in [4.78, 5) is 4.92. The highest BCUT2D eigenvalue weighted by molar-refractivity contribution is 4.64. The van der Waals surface area contributed by atoms with Gasteiger partial charge in [0.25, 0.3) is 0 Å². The van der Waals surface area contributed by atoms with E-state index in [0.717, 1.165) is 13.1 Å². The minimum Gasteiger partial charge on any atom is -0.299 e. The van der Waals surface area contributed by atoms with Crippen molar-refractivity contribution in [3.05, 3.63) is 0 Å². The fraction of sp³-hybridized carbons (Fsp3) is 1.00. The number of nitrogens with zero attached hydrogens (tertiary/aromatic N) is 2. The fourth-order valence-electron chi connectivity index (χ4n) is 2.65. The molecule has 0 aliphatic carbocycles. The summed E-state index contributed by atoms with van der Waals surface area (Å²) in [6, 6.07) is 2.76. The van der Waals surface area contributed by atoms with Crippen molar-refractivity contribution in [2.45, 2.75) is 101 Å². The normalized spacial score (nSPS) is 11.4. The SMILES string of the molecule is C.CCN(C(C)C)C(C)C.CCN(C(C)C)C(C)C. The van der Waals surface area contributed by atoms with Crippen LogP contribution in [0.15, 0.2) is 0 Å². The molecule has 0 saturated heterocycles. The maximum absolute atomic E-state index is 2.46. The highest BCUT2D eigenvalue weighted by Crippen LogP contribution is 2.03. The Bertz CT molecular complexity index is 138. The molecule has 0 amide bonds. The lowest BCUT2D eigenvalue weighted by Gasteiger charge is -2.28. The van der Waals surface area contributed by atoms with Crippen molar-refractivity contribution in [1.82, 2.24) is 9.80 Å². The third kappa shape index (κ3) is 11.4. The zero-order chi connectivity index (χ0) is 14.9. The van der Waals surface area contributed by atoms with Crippen molar-refractivity contribution in [2.75, 3.05) is 13.1 Å². The first kappa shape index (κ1) is 24.0. The van der Waals surface area contributed by atoms with Gasteiger partial charge in [-0.3, -0.25) is 9.80 Å². The van der Waals surface area contributed by atoms with Gasteiger partial charge in [0.1, 0.15) is 0 Å². The Morgan fingerprint density at radius 1 is 0.526 bits per heavy atom. The lowest BCUT2D eigenvalue weighted by atomic mass is 10.2. The van der Waals surface area contributed by atoms with Gasteiger partial charge in [0.15, 0.2) is 0 Å². The predicted octanol–water partition coefficient (Wildman–Crippen LogP) is 4.89. The van der Waals surface area contributed by atoms with Crippen LogP contribution in [-0.2, 0) is 0 Å². The lowest BCUT2D eigenvalue weighted by molar-refractivity contribution is 0.185. The second-order valence-corrected chi connectivity index (χ2v) is 6.04. The Morgan fingerprint density at radius 2 is 0.684 bits per heavy atom. The number of hydrogen-bond donors (Lipinski definition) is 0. The largest absolute Gasteiger partial charge is 0.299 e. The molecular weight excluding hydrogens is 232 g/mol. The Balaban J connectivity index is -0.000000256. The minimum absolute atomic E-state index is 0. The second-order valence-electron chi connectivity index (χ2n) is 6.04. The van der Waals surface area contributed by atoms with E-state index in [1.807, 2.05) is 0 Å². The number of hydrogen-bond acceptors (Lipinski definition) is 2. The first-order valence-corrected chi connectivity index (χ1v) is 7.70. The van der Waals surface area contributed by atoms with Gasteiger partial charge in [0, 0.05) is 24.2 Å². The molecule has 0 aromatic rings. The van der Waals surface area contributed by atoms with Crippen LogP contribution in [0.5, 0.6) is 0 Å². The maximum atomic E-state index is 2.46. The molecule has 0 heterocycles. The molecule has 0 aromatic heterocycles. The Morgan fingerprint density at radius 3 is 0.684 bits per heavy atom. The molecule has 19 heavy (non-hydrogen) atoms. The molecule has 2 nitrogen and oxygen atoms in total. The molecule has 0 radical (unpaired) electrons. The third-order valence-corrected chi connectivity index (χ3v) is 3.38. The molecule has 0 aliphatic rings. The summed E-state index contributed by atoms with van der Waals surface area (Å²) >= 11 is 0. The molecule has 0 N–H and O–H groups in total. The van der Waals surface area contributed by atoms with Crippen LogP contribution in [-0.4, -0.2) is 47.1 Å². The summed E-state index contributed by atoms with van der Waals surface area (Å²) in [6.45, 7) is 24.7. The van der Waals surface area contributed by atoms with Gasteiger partial charge < -0.3 is 0 Å². The average molecular weight is 275 g/mol. The topological polar surface area (TPSA) is 6.48 Å². The van der Waals surface area contributed by atoms with Crippen LogP contribution >= 0.6 is 0 Å². The van der Waals surface area contributed by atoms with Gasteiger partial charge in [0.05, 0.1) is 0 Å². The van der Waals surface area contributed by atoms with Crippen LogP contribution in [0, 0.1) is 0 Å². The van der Waals surface area contributed by atoms with Crippen molar-refractivity contribution >= 4 is 0 Å². The molecule has 2 heteroatoms. The molecular formula is C17H42N2. The van der Waals surface area contributed by atoms with Gasteiger partial charge in [0.2, 0.25) is 0 Å². The van der Waals surface area contributed by atoms with E-state index in [9.17, 15) is 0 Å². The van der Waals surface area contributed by atoms with E-state index in [0.29, 0.717) is 24.2 Å².